The van der Waals surface area contributed by atoms with Crippen LogP contribution in [0.25, 0.3) is 0 Å². The van der Waals surface area contributed by atoms with E-state index in [0.29, 0.717) is 0 Å². The summed E-state index contributed by atoms with van der Waals surface area (Å²) in [5, 5.41) is 0. The molecule has 1 aliphatic rings. The maximum atomic E-state index is 4.13. The van der Waals surface area contributed by atoms with Crippen LogP contribution in [0.3, 0.4) is 0 Å². The van der Waals surface area contributed by atoms with Crippen molar-refractivity contribution in [1.82, 2.24) is 0 Å². The van der Waals surface area contributed by atoms with E-state index in [4.69, 9.17) is 0 Å². The molecule has 9 heavy (non-hydrogen) atoms. The van der Waals surface area contributed by atoms with Gasteiger partial charge in [0.05, 0.1) is 6.54 Å². The van der Waals surface area contributed by atoms with Crippen molar-refractivity contribution in [2.75, 3.05) is 13.1 Å². The third-order valence-electron chi connectivity index (χ3n) is 1.70. The number of quaternary nitrogens is 1. The standard InChI is InChI=1S/C7H12N2/c1-3-7(2)9-5-4-8-6-9/h3,6H,4-5H2,1-2H3/p+1/b7-3+. The molecule has 0 aromatic rings. The molecule has 0 aliphatic carbocycles. The van der Waals surface area contributed by atoms with E-state index in [9.17, 15) is 0 Å². The van der Waals surface area contributed by atoms with Gasteiger partial charge in [0.1, 0.15) is 12.2 Å². The van der Waals surface area contributed by atoms with E-state index < -0.39 is 0 Å². The summed E-state index contributed by atoms with van der Waals surface area (Å²) in [7, 11) is 0. The number of hydrogen-bond donors (Lipinski definition) is 1. The number of nitrogens with zero attached hydrogens (tertiary/aromatic N) is 1. The smallest absolute Gasteiger partial charge is 0.188 e. The number of hydrogen-bond acceptors (Lipinski definition) is 1. The molecule has 1 aliphatic heterocycles. The lowest BCUT2D eigenvalue weighted by molar-refractivity contribution is -0.746. The second kappa shape index (κ2) is 2.78. The Balaban J connectivity index is 2.53. The summed E-state index contributed by atoms with van der Waals surface area (Å²) in [6.45, 7) is 6.32. The summed E-state index contributed by atoms with van der Waals surface area (Å²) in [5.74, 6) is 0. The largest absolute Gasteiger partial charge is 0.263 e. The van der Waals surface area contributed by atoms with Crippen molar-refractivity contribution in [3.8, 4) is 0 Å². The molecule has 2 heteroatoms. The molecule has 1 atom stereocenters. The molecule has 0 saturated heterocycles. The molecule has 0 fully saturated rings. The van der Waals surface area contributed by atoms with Gasteiger partial charge in [-0.25, -0.2) is 4.99 Å². The Morgan fingerprint density at radius 3 is 3.00 bits per heavy atom. The molecule has 1 rings (SSSR count). The van der Waals surface area contributed by atoms with Gasteiger partial charge in [0, 0.05) is 6.92 Å². The normalized spacial score (nSPS) is 27.3. The zero-order valence-electron chi connectivity index (χ0n) is 6.02. The third kappa shape index (κ3) is 1.39. The van der Waals surface area contributed by atoms with Crippen molar-refractivity contribution >= 4 is 6.34 Å². The summed E-state index contributed by atoms with van der Waals surface area (Å²) < 4.78 is 0. The summed E-state index contributed by atoms with van der Waals surface area (Å²) in [5.41, 5.74) is 1.37. The highest BCUT2D eigenvalue weighted by Gasteiger charge is 2.11. The summed E-state index contributed by atoms with van der Waals surface area (Å²) in [6.07, 6.45) is 4.11. The van der Waals surface area contributed by atoms with Crippen molar-refractivity contribution in [3.05, 3.63) is 11.8 Å². The van der Waals surface area contributed by atoms with Gasteiger partial charge in [0.2, 0.25) is 0 Å². The van der Waals surface area contributed by atoms with Gasteiger partial charge in [-0.05, 0) is 13.0 Å². The minimum atomic E-state index is 0.987. The first-order valence-electron chi connectivity index (χ1n) is 3.33. The van der Waals surface area contributed by atoms with E-state index in [-0.39, 0.29) is 0 Å². The maximum Gasteiger partial charge on any atom is 0.188 e. The van der Waals surface area contributed by atoms with Crippen LogP contribution in [-0.4, -0.2) is 19.4 Å². The highest BCUT2D eigenvalue weighted by molar-refractivity contribution is 5.46. The zero-order valence-corrected chi connectivity index (χ0v) is 6.02. The lowest BCUT2D eigenvalue weighted by Gasteiger charge is -2.05. The van der Waals surface area contributed by atoms with Crippen LogP contribution in [0.5, 0.6) is 0 Å². The number of rotatable bonds is 1. The maximum absolute atomic E-state index is 4.13. The Labute approximate surface area is 55.9 Å². The van der Waals surface area contributed by atoms with Crippen LogP contribution >= 0.6 is 0 Å². The van der Waals surface area contributed by atoms with E-state index >= 15 is 0 Å². The predicted octanol–water partition coefficient (Wildman–Crippen LogP) is -0.163. The molecule has 0 aromatic carbocycles. The van der Waals surface area contributed by atoms with E-state index in [1.54, 1.807) is 0 Å². The fourth-order valence-corrected chi connectivity index (χ4v) is 0.909. The molecule has 0 radical (unpaired) electrons. The van der Waals surface area contributed by atoms with Crippen LogP contribution in [0.4, 0.5) is 0 Å². The quantitative estimate of drug-likeness (QED) is 0.501. The molecule has 0 spiro atoms. The van der Waals surface area contributed by atoms with Gasteiger partial charge >= 0.3 is 0 Å². The first kappa shape index (κ1) is 6.49. The van der Waals surface area contributed by atoms with Gasteiger partial charge in [-0.2, -0.15) is 0 Å². The average Bonchev–Trinajstić information content (AvgIpc) is 2.37. The fourth-order valence-electron chi connectivity index (χ4n) is 0.909. The van der Waals surface area contributed by atoms with Gasteiger partial charge in [-0.15, -0.1) is 0 Å². The molecule has 50 valence electrons. The number of nitrogens with one attached hydrogen (secondary N) is 1. The van der Waals surface area contributed by atoms with Gasteiger partial charge < -0.3 is 0 Å². The summed E-state index contributed by atoms with van der Waals surface area (Å²) in [4.78, 5) is 5.53. The Bertz CT molecular complexity index is 147. The number of aliphatic imine (C=N–C) groups is 1. The van der Waals surface area contributed by atoms with Gasteiger partial charge in [-0.3, -0.25) is 4.90 Å². The Kier molecular flexibility index (Phi) is 2.01. The van der Waals surface area contributed by atoms with Crippen molar-refractivity contribution in [2.45, 2.75) is 13.8 Å². The van der Waals surface area contributed by atoms with Crippen LogP contribution in [-0.2, 0) is 0 Å². The van der Waals surface area contributed by atoms with Gasteiger partial charge in [0.25, 0.3) is 0 Å². The van der Waals surface area contributed by atoms with Crippen molar-refractivity contribution < 1.29 is 4.90 Å². The summed E-state index contributed by atoms with van der Waals surface area (Å²) >= 11 is 0. The van der Waals surface area contributed by atoms with Crippen molar-refractivity contribution in [1.29, 1.82) is 0 Å². The molecule has 1 heterocycles. The minimum Gasteiger partial charge on any atom is -0.263 e. The molecule has 1 unspecified atom stereocenters. The van der Waals surface area contributed by atoms with Crippen LogP contribution in [0.2, 0.25) is 0 Å². The van der Waals surface area contributed by atoms with Gasteiger partial charge in [-0.1, -0.05) is 0 Å². The molecule has 1 N–H and O–H groups in total. The van der Waals surface area contributed by atoms with Crippen LogP contribution in [0.1, 0.15) is 13.8 Å². The highest BCUT2D eigenvalue weighted by Crippen LogP contribution is 1.79. The first-order valence-corrected chi connectivity index (χ1v) is 3.33. The molecular formula is C7H13N2+. The van der Waals surface area contributed by atoms with Crippen LogP contribution in [0, 0.1) is 0 Å². The first-order chi connectivity index (χ1) is 4.34. The van der Waals surface area contributed by atoms with E-state index in [0.717, 1.165) is 13.1 Å². The molecular weight excluding hydrogens is 112 g/mol. The predicted molar refractivity (Wildman–Crippen MR) is 38.6 cm³/mol. The Morgan fingerprint density at radius 2 is 2.56 bits per heavy atom. The molecule has 2 nitrogen and oxygen atoms in total. The summed E-state index contributed by atoms with van der Waals surface area (Å²) in [6, 6.07) is 0. The van der Waals surface area contributed by atoms with E-state index in [1.807, 2.05) is 6.34 Å². The Hall–Kier alpha value is -0.630. The SMILES string of the molecule is C/C=C(\C)[NH+]1C=NCC1. The second-order valence-corrected chi connectivity index (χ2v) is 2.28. The molecule has 0 saturated carbocycles. The fraction of sp³-hybridized carbons (Fsp3) is 0.571. The lowest BCUT2D eigenvalue weighted by atomic mass is 10.4. The topological polar surface area (TPSA) is 16.8 Å². The van der Waals surface area contributed by atoms with Crippen molar-refractivity contribution in [2.24, 2.45) is 4.99 Å². The van der Waals surface area contributed by atoms with Crippen molar-refractivity contribution in [3.63, 3.8) is 0 Å². The van der Waals surface area contributed by atoms with Crippen LogP contribution in [0.15, 0.2) is 16.8 Å². The molecule has 0 bridgehead atoms. The van der Waals surface area contributed by atoms with Gasteiger partial charge in [0.15, 0.2) is 6.34 Å². The average molecular weight is 125 g/mol. The monoisotopic (exact) mass is 125 g/mol. The second-order valence-electron chi connectivity index (χ2n) is 2.28. The third-order valence-corrected chi connectivity index (χ3v) is 1.70. The number of allylic oxidation sites excluding steroid dienone is 2. The lowest BCUT2D eigenvalue weighted by Crippen LogP contribution is -3.07. The van der Waals surface area contributed by atoms with Crippen LogP contribution < -0.4 is 4.90 Å². The highest BCUT2D eigenvalue weighted by atomic mass is 15.2. The molecule has 0 aromatic heterocycles. The molecule has 0 amide bonds. The van der Waals surface area contributed by atoms with E-state index in [1.165, 1.54) is 10.6 Å². The zero-order chi connectivity index (χ0) is 6.69. The minimum absolute atomic E-state index is 0.987. The van der Waals surface area contributed by atoms with E-state index in [2.05, 4.69) is 24.9 Å². The Morgan fingerprint density at radius 1 is 1.78 bits per heavy atom.